The summed E-state index contributed by atoms with van der Waals surface area (Å²) >= 11 is 0. The van der Waals surface area contributed by atoms with Crippen LogP contribution in [0.4, 0.5) is 5.69 Å². The molecule has 34 heavy (non-hydrogen) atoms. The molecule has 0 aromatic heterocycles. The van der Waals surface area contributed by atoms with Crippen LogP contribution in [-0.2, 0) is 32.6 Å². The SMILES string of the molecule is COc1cccc(CNC(=O)CC2CCN(S(=O)(=O)c3ccc4c(c3)CCN4C(C)=O)CC2)c1. The Bertz CT molecular complexity index is 1170. The minimum absolute atomic E-state index is 0.0298. The van der Waals surface area contributed by atoms with Gasteiger partial charge in [-0.2, -0.15) is 4.31 Å². The number of nitrogens with zero attached hydrogens (tertiary/aromatic N) is 2. The summed E-state index contributed by atoms with van der Waals surface area (Å²) in [6, 6.07) is 12.6. The van der Waals surface area contributed by atoms with Gasteiger partial charge >= 0.3 is 0 Å². The van der Waals surface area contributed by atoms with Crippen LogP contribution in [0.3, 0.4) is 0 Å². The lowest BCUT2D eigenvalue weighted by atomic mass is 9.94. The molecule has 0 radical (unpaired) electrons. The molecular weight excluding hydrogens is 454 g/mol. The number of hydrogen-bond acceptors (Lipinski definition) is 5. The highest BCUT2D eigenvalue weighted by molar-refractivity contribution is 7.89. The number of benzene rings is 2. The third-order valence-corrected chi connectivity index (χ3v) is 8.53. The van der Waals surface area contributed by atoms with Gasteiger partial charge in [-0.1, -0.05) is 12.1 Å². The number of sulfonamides is 1. The van der Waals surface area contributed by atoms with E-state index in [9.17, 15) is 18.0 Å². The van der Waals surface area contributed by atoms with Crippen molar-refractivity contribution >= 4 is 27.5 Å². The molecule has 9 heteroatoms. The Hall–Kier alpha value is -2.91. The van der Waals surface area contributed by atoms with Crippen LogP contribution in [0, 0.1) is 5.92 Å². The molecule has 0 saturated carbocycles. The van der Waals surface area contributed by atoms with Gasteiger partial charge in [0, 0.05) is 45.2 Å². The molecule has 2 aromatic rings. The second-order valence-corrected chi connectivity index (χ2v) is 10.8. The predicted octanol–water partition coefficient (Wildman–Crippen LogP) is 2.71. The van der Waals surface area contributed by atoms with E-state index in [0.29, 0.717) is 51.9 Å². The molecular formula is C25H31N3O5S. The quantitative estimate of drug-likeness (QED) is 0.651. The summed E-state index contributed by atoms with van der Waals surface area (Å²) < 4.78 is 33.1. The Kier molecular flexibility index (Phi) is 7.23. The molecule has 0 atom stereocenters. The molecule has 2 amide bonds. The Morgan fingerprint density at radius 1 is 1.09 bits per heavy atom. The van der Waals surface area contributed by atoms with Crippen molar-refractivity contribution in [3.05, 3.63) is 53.6 Å². The summed E-state index contributed by atoms with van der Waals surface area (Å²) in [5.74, 6) is 0.836. The molecule has 2 heterocycles. The highest BCUT2D eigenvalue weighted by Crippen LogP contribution is 2.32. The normalized spacial score (nSPS) is 16.8. The Morgan fingerprint density at radius 2 is 1.85 bits per heavy atom. The van der Waals surface area contributed by atoms with Crippen LogP contribution in [0.2, 0.25) is 0 Å². The molecule has 2 aromatic carbocycles. The fraction of sp³-hybridized carbons (Fsp3) is 0.440. The van der Waals surface area contributed by atoms with Crippen molar-refractivity contribution in [1.82, 2.24) is 9.62 Å². The largest absolute Gasteiger partial charge is 0.497 e. The fourth-order valence-corrected chi connectivity index (χ4v) is 6.21. The van der Waals surface area contributed by atoms with Crippen LogP contribution >= 0.6 is 0 Å². The van der Waals surface area contributed by atoms with E-state index in [1.54, 1.807) is 30.2 Å². The van der Waals surface area contributed by atoms with Crippen molar-refractivity contribution in [3.63, 3.8) is 0 Å². The van der Waals surface area contributed by atoms with E-state index in [1.165, 1.54) is 11.2 Å². The molecule has 1 N–H and O–H groups in total. The summed E-state index contributed by atoms with van der Waals surface area (Å²) in [6.45, 7) is 3.32. The second-order valence-electron chi connectivity index (χ2n) is 8.89. The van der Waals surface area contributed by atoms with Crippen molar-refractivity contribution in [3.8, 4) is 5.75 Å². The van der Waals surface area contributed by atoms with Gasteiger partial charge in [0.15, 0.2) is 0 Å². The highest BCUT2D eigenvalue weighted by atomic mass is 32.2. The Labute approximate surface area is 200 Å². The summed E-state index contributed by atoms with van der Waals surface area (Å²) in [7, 11) is -2.00. The van der Waals surface area contributed by atoms with E-state index in [1.807, 2.05) is 24.3 Å². The molecule has 2 aliphatic heterocycles. The zero-order valence-electron chi connectivity index (χ0n) is 19.6. The zero-order valence-corrected chi connectivity index (χ0v) is 20.4. The minimum atomic E-state index is -3.61. The zero-order chi connectivity index (χ0) is 24.3. The number of fused-ring (bicyclic) bond motifs is 1. The van der Waals surface area contributed by atoms with Crippen LogP contribution in [0.15, 0.2) is 47.4 Å². The number of methoxy groups -OCH3 is 1. The standard InChI is InChI=1S/C25H31N3O5S/c1-18(29)28-13-10-21-16-23(6-7-24(21)28)34(31,32)27-11-8-19(9-12-27)15-25(30)26-17-20-4-3-5-22(14-20)33-2/h3-7,14,16,19H,8-13,15,17H2,1-2H3,(H,26,30). The van der Waals surface area contributed by atoms with Crippen molar-refractivity contribution in [2.75, 3.05) is 31.6 Å². The maximum atomic E-state index is 13.2. The van der Waals surface area contributed by atoms with Crippen molar-refractivity contribution in [1.29, 1.82) is 0 Å². The highest BCUT2D eigenvalue weighted by Gasteiger charge is 2.32. The van der Waals surface area contributed by atoms with Gasteiger partial charge in [0.25, 0.3) is 0 Å². The number of hydrogen-bond donors (Lipinski definition) is 1. The van der Waals surface area contributed by atoms with E-state index in [4.69, 9.17) is 4.74 Å². The summed E-state index contributed by atoms with van der Waals surface area (Å²) in [5.41, 5.74) is 2.65. The predicted molar refractivity (Wildman–Crippen MR) is 129 cm³/mol. The number of rotatable bonds is 7. The van der Waals surface area contributed by atoms with E-state index < -0.39 is 10.0 Å². The van der Waals surface area contributed by atoms with E-state index >= 15 is 0 Å². The Balaban J connectivity index is 1.30. The second kappa shape index (κ2) is 10.1. The molecule has 182 valence electrons. The Morgan fingerprint density at radius 3 is 2.56 bits per heavy atom. The maximum absolute atomic E-state index is 13.2. The maximum Gasteiger partial charge on any atom is 0.243 e. The molecule has 0 bridgehead atoms. The molecule has 1 fully saturated rings. The fourth-order valence-electron chi connectivity index (χ4n) is 4.69. The summed E-state index contributed by atoms with van der Waals surface area (Å²) in [5, 5.41) is 2.95. The van der Waals surface area contributed by atoms with Gasteiger partial charge < -0.3 is 15.0 Å². The van der Waals surface area contributed by atoms with E-state index in [2.05, 4.69) is 5.32 Å². The number of carbonyl (C=O) groups is 2. The van der Waals surface area contributed by atoms with Crippen LogP contribution < -0.4 is 15.0 Å². The van der Waals surface area contributed by atoms with Crippen LogP contribution in [-0.4, -0.2) is 51.3 Å². The lowest BCUT2D eigenvalue weighted by molar-refractivity contribution is -0.122. The molecule has 1 saturated heterocycles. The average Bonchev–Trinajstić information content (AvgIpc) is 3.27. The third-order valence-electron chi connectivity index (χ3n) is 6.64. The lowest BCUT2D eigenvalue weighted by Crippen LogP contribution is -2.39. The molecule has 4 rings (SSSR count). The number of amides is 2. The number of carbonyl (C=O) groups excluding carboxylic acids is 2. The van der Waals surface area contributed by atoms with Gasteiger partial charge in [0.05, 0.1) is 12.0 Å². The number of nitrogens with one attached hydrogen (secondary N) is 1. The lowest BCUT2D eigenvalue weighted by Gasteiger charge is -2.31. The van der Waals surface area contributed by atoms with Crippen LogP contribution in [0.1, 0.15) is 37.3 Å². The van der Waals surface area contributed by atoms with Gasteiger partial charge in [0.1, 0.15) is 5.75 Å². The number of ether oxygens (including phenoxy) is 1. The average molecular weight is 486 g/mol. The molecule has 0 unspecified atom stereocenters. The molecule has 2 aliphatic rings. The first-order valence-electron chi connectivity index (χ1n) is 11.6. The molecule has 0 aliphatic carbocycles. The van der Waals surface area contributed by atoms with Gasteiger partial charge in [-0.25, -0.2) is 8.42 Å². The van der Waals surface area contributed by atoms with Crippen LogP contribution in [0.25, 0.3) is 0 Å². The van der Waals surface area contributed by atoms with Crippen molar-refractivity contribution in [2.45, 2.75) is 44.0 Å². The summed E-state index contributed by atoms with van der Waals surface area (Å²) in [6.07, 6.45) is 2.34. The number of anilines is 1. The van der Waals surface area contributed by atoms with E-state index in [-0.39, 0.29) is 22.6 Å². The topological polar surface area (TPSA) is 96.0 Å². The third kappa shape index (κ3) is 5.26. The first kappa shape index (κ1) is 24.2. The van der Waals surface area contributed by atoms with Crippen molar-refractivity contribution < 1.29 is 22.7 Å². The van der Waals surface area contributed by atoms with E-state index in [0.717, 1.165) is 22.6 Å². The first-order chi connectivity index (χ1) is 16.3. The summed E-state index contributed by atoms with van der Waals surface area (Å²) in [4.78, 5) is 26.1. The van der Waals surface area contributed by atoms with Gasteiger partial charge in [-0.05, 0) is 66.6 Å². The van der Waals surface area contributed by atoms with Gasteiger partial charge in [-0.3, -0.25) is 9.59 Å². The van der Waals surface area contributed by atoms with Gasteiger partial charge in [-0.15, -0.1) is 0 Å². The molecule has 8 nitrogen and oxygen atoms in total. The minimum Gasteiger partial charge on any atom is -0.497 e. The number of piperidine rings is 1. The van der Waals surface area contributed by atoms with Crippen molar-refractivity contribution in [2.24, 2.45) is 5.92 Å². The van der Waals surface area contributed by atoms with Gasteiger partial charge in [0.2, 0.25) is 21.8 Å². The van der Waals surface area contributed by atoms with Crippen LogP contribution in [0.5, 0.6) is 5.75 Å². The first-order valence-corrected chi connectivity index (χ1v) is 13.0. The smallest absolute Gasteiger partial charge is 0.243 e. The monoisotopic (exact) mass is 485 g/mol. The molecule has 0 spiro atoms.